The van der Waals surface area contributed by atoms with Crippen molar-refractivity contribution < 1.29 is 9.47 Å². The number of hydrogen-bond acceptors (Lipinski definition) is 2. The van der Waals surface area contributed by atoms with Crippen LogP contribution in [0.4, 0.5) is 0 Å². The number of fused-ring (bicyclic) bond motifs is 2. The van der Waals surface area contributed by atoms with E-state index in [1.165, 1.54) is 22.7 Å². The van der Waals surface area contributed by atoms with Gasteiger partial charge in [0.25, 0.3) is 0 Å². The maximum atomic E-state index is 5.97. The molecule has 0 aliphatic heterocycles. The molecule has 3 aromatic carbocycles. The second-order valence-corrected chi connectivity index (χ2v) is 5.97. The molecule has 0 N–H and O–H groups in total. The molecule has 3 aromatic rings. The van der Waals surface area contributed by atoms with Crippen LogP contribution in [-0.2, 0) is 22.7 Å². The summed E-state index contributed by atoms with van der Waals surface area (Å²) < 4.78 is 11.9. The molecule has 3 rings (SSSR count). The molecule has 0 fully saturated rings. The molecule has 0 atom stereocenters. The van der Waals surface area contributed by atoms with Crippen molar-refractivity contribution in [1.29, 1.82) is 0 Å². The molecule has 0 aliphatic carbocycles. The van der Waals surface area contributed by atoms with Crippen molar-refractivity contribution in [2.75, 3.05) is 11.9 Å². The fourth-order valence-electron chi connectivity index (χ4n) is 2.56. The Morgan fingerprint density at radius 1 is 0.636 bits per heavy atom. The smallest absolute Gasteiger partial charge is 0.313 e. The van der Waals surface area contributed by atoms with E-state index in [0.29, 0.717) is 11.9 Å². The van der Waals surface area contributed by atoms with Crippen molar-refractivity contribution in [3.63, 3.8) is 0 Å². The summed E-state index contributed by atoms with van der Waals surface area (Å²) in [5, 5.41) is 4.22. The van der Waals surface area contributed by atoms with Crippen molar-refractivity contribution in [2.45, 2.75) is 0 Å². The number of rotatable bonds is 6. The molecule has 0 saturated heterocycles. The van der Waals surface area contributed by atoms with Crippen LogP contribution in [-0.4, -0.2) is 23.6 Å². The van der Waals surface area contributed by atoms with Crippen LogP contribution in [0, 0.1) is 0 Å². The van der Waals surface area contributed by atoms with Gasteiger partial charge in [-0.2, -0.15) is 0 Å². The van der Waals surface area contributed by atoms with Crippen LogP contribution in [0.15, 0.2) is 48.5 Å². The van der Waals surface area contributed by atoms with Crippen LogP contribution < -0.4 is 9.47 Å². The molecule has 0 spiro atoms. The summed E-state index contributed by atoms with van der Waals surface area (Å²) in [5.41, 5.74) is 0. The third-order valence-electron chi connectivity index (χ3n) is 3.41. The standard InChI is InChI=1S/C18H16O2S2/c1-21-11-19-17-13-7-3-5-9-15(13)18(20-12-22-2)16-10-6-4-8-14(16)17/h3-10H,1-2,11-12H2/q+2. The van der Waals surface area contributed by atoms with Gasteiger partial charge in [0.1, 0.15) is 11.5 Å². The molecule has 0 aliphatic rings. The van der Waals surface area contributed by atoms with Gasteiger partial charge in [-0.15, -0.1) is 0 Å². The summed E-state index contributed by atoms with van der Waals surface area (Å²) in [5.74, 6) is 10.4. The van der Waals surface area contributed by atoms with Crippen LogP contribution in [0.3, 0.4) is 0 Å². The number of ether oxygens (including phenoxy) is 2. The Balaban J connectivity index is 2.36. The fraction of sp³-hybridized carbons (Fsp3) is 0.111. The van der Waals surface area contributed by atoms with E-state index in [1.807, 2.05) is 24.3 Å². The van der Waals surface area contributed by atoms with Gasteiger partial charge < -0.3 is 9.47 Å². The first-order chi connectivity index (χ1) is 10.9. The van der Waals surface area contributed by atoms with E-state index >= 15 is 0 Å². The third-order valence-corrected chi connectivity index (χ3v) is 3.97. The highest BCUT2D eigenvalue weighted by Gasteiger charge is 2.16. The summed E-state index contributed by atoms with van der Waals surface area (Å²) >= 11 is 2.83. The zero-order chi connectivity index (χ0) is 15.4. The highest BCUT2D eigenvalue weighted by atomic mass is 32.1. The lowest BCUT2D eigenvalue weighted by Crippen LogP contribution is -2.00. The molecule has 0 bridgehead atoms. The lowest BCUT2D eigenvalue weighted by molar-refractivity contribution is 0.396. The lowest BCUT2D eigenvalue weighted by Gasteiger charge is -2.14. The summed E-state index contributed by atoms with van der Waals surface area (Å²) in [7, 11) is 0. The van der Waals surface area contributed by atoms with E-state index in [2.05, 4.69) is 36.0 Å². The first-order valence-corrected chi connectivity index (χ1v) is 9.10. The highest BCUT2D eigenvalue weighted by Crippen LogP contribution is 2.42. The minimum absolute atomic E-state index is 0.517. The van der Waals surface area contributed by atoms with E-state index in [-0.39, 0.29) is 0 Å². The molecule has 22 heavy (non-hydrogen) atoms. The van der Waals surface area contributed by atoms with E-state index < -0.39 is 0 Å². The minimum Gasteiger partial charge on any atom is -0.439 e. The molecule has 0 heterocycles. The van der Waals surface area contributed by atoms with Gasteiger partial charge in [0, 0.05) is 21.5 Å². The first kappa shape index (κ1) is 14.9. The van der Waals surface area contributed by atoms with Gasteiger partial charge in [0.2, 0.25) is 22.7 Å². The zero-order valence-corrected chi connectivity index (χ0v) is 13.7. The second-order valence-electron chi connectivity index (χ2n) is 4.68. The van der Waals surface area contributed by atoms with E-state index in [4.69, 9.17) is 9.47 Å². The second kappa shape index (κ2) is 6.81. The summed E-state index contributed by atoms with van der Waals surface area (Å²) in [6.07, 6.45) is 0. The predicted molar refractivity (Wildman–Crippen MR) is 101 cm³/mol. The van der Waals surface area contributed by atoms with E-state index in [9.17, 15) is 0 Å². The average molecular weight is 328 g/mol. The van der Waals surface area contributed by atoms with Crippen LogP contribution in [0.5, 0.6) is 11.5 Å². The molecular formula is C18H16O2S2+2. The van der Waals surface area contributed by atoms with Crippen molar-refractivity contribution in [1.82, 2.24) is 0 Å². The topological polar surface area (TPSA) is 18.5 Å². The van der Waals surface area contributed by atoms with Crippen molar-refractivity contribution in [3.05, 3.63) is 48.5 Å². The largest absolute Gasteiger partial charge is 0.439 e. The quantitative estimate of drug-likeness (QED) is 0.297. The maximum absolute atomic E-state index is 5.97. The van der Waals surface area contributed by atoms with Crippen LogP contribution in [0.25, 0.3) is 21.5 Å². The molecule has 4 heteroatoms. The monoisotopic (exact) mass is 328 g/mol. The molecule has 110 valence electrons. The van der Waals surface area contributed by atoms with Crippen molar-refractivity contribution >= 4 is 56.0 Å². The highest BCUT2D eigenvalue weighted by molar-refractivity contribution is 7.76. The molecular weight excluding hydrogens is 312 g/mol. The van der Waals surface area contributed by atoms with Gasteiger partial charge in [-0.1, -0.05) is 48.5 Å². The van der Waals surface area contributed by atoms with Gasteiger partial charge in [0.05, 0.1) is 0 Å². The van der Waals surface area contributed by atoms with Crippen LogP contribution >= 0.6 is 0 Å². The third kappa shape index (κ3) is 2.67. The summed E-state index contributed by atoms with van der Waals surface area (Å²) in [6, 6.07) is 16.3. The Bertz CT molecular complexity index is 716. The predicted octanol–water partition coefficient (Wildman–Crippen LogP) is 3.69. The Morgan fingerprint density at radius 2 is 0.955 bits per heavy atom. The average Bonchev–Trinajstić information content (AvgIpc) is 2.58. The summed E-state index contributed by atoms with van der Waals surface area (Å²) in [6.45, 7) is 0. The lowest BCUT2D eigenvalue weighted by atomic mass is 10.0. The van der Waals surface area contributed by atoms with Crippen molar-refractivity contribution in [2.24, 2.45) is 0 Å². The normalized spacial score (nSPS) is 10.5. The Kier molecular flexibility index (Phi) is 4.61. The molecule has 0 saturated carbocycles. The minimum atomic E-state index is 0.517. The van der Waals surface area contributed by atoms with Gasteiger partial charge in [-0.05, 0) is 0 Å². The van der Waals surface area contributed by atoms with E-state index in [0.717, 1.165) is 33.0 Å². The van der Waals surface area contributed by atoms with Crippen molar-refractivity contribution in [3.8, 4) is 11.5 Å². The Hall–Kier alpha value is -2.04. The van der Waals surface area contributed by atoms with Crippen LogP contribution in [0.2, 0.25) is 0 Å². The first-order valence-electron chi connectivity index (χ1n) is 6.79. The van der Waals surface area contributed by atoms with Gasteiger partial charge in [-0.25, -0.2) is 0 Å². The fourth-order valence-corrected chi connectivity index (χ4v) is 2.96. The van der Waals surface area contributed by atoms with Gasteiger partial charge in [0.15, 0.2) is 11.7 Å². The zero-order valence-electron chi connectivity index (χ0n) is 12.1. The molecule has 2 nitrogen and oxygen atoms in total. The van der Waals surface area contributed by atoms with E-state index in [1.54, 1.807) is 0 Å². The molecule has 0 unspecified atom stereocenters. The SMILES string of the molecule is C=[S+]COc1c2ccccc2c(OC[S+]=C)c2ccccc12. The molecule has 0 radical (unpaired) electrons. The van der Waals surface area contributed by atoms with Crippen LogP contribution in [0.1, 0.15) is 0 Å². The number of hydrogen-bond donors (Lipinski definition) is 0. The molecule has 0 aromatic heterocycles. The van der Waals surface area contributed by atoms with Gasteiger partial charge >= 0.3 is 11.9 Å². The summed E-state index contributed by atoms with van der Waals surface area (Å²) in [4.78, 5) is 0. The Morgan fingerprint density at radius 3 is 1.23 bits per heavy atom. The number of benzene rings is 3. The Labute approximate surface area is 137 Å². The van der Waals surface area contributed by atoms with Gasteiger partial charge in [-0.3, -0.25) is 0 Å². The molecule has 0 amide bonds. The maximum Gasteiger partial charge on any atom is 0.313 e.